The molecule has 3 aromatic carbocycles. The Balaban J connectivity index is 1.62. The first-order valence-corrected chi connectivity index (χ1v) is 9.65. The van der Waals surface area contributed by atoms with Crippen LogP contribution in [0.4, 0.5) is 5.69 Å². The van der Waals surface area contributed by atoms with Gasteiger partial charge in [0.05, 0.1) is 16.8 Å². The van der Waals surface area contributed by atoms with Crippen molar-refractivity contribution in [2.75, 3.05) is 24.5 Å². The lowest BCUT2D eigenvalue weighted by molar-refractivity contribution is 0.215. The van der Waals surface area contributed by atoms with E-state index >= 15 is 0 Å². The number of anilines is 1. The van der Waals surface area contributed by atoms with Crippen LogP contribution < -0.4 is 4.90 Å². The fraction of sp³-hybridized carbons (Fsp3) is 0.217. The van der Waals surface area contributed by atoms with Crippen LogP contribution in [-0.4, -0.2) is 29.6 Å². The molecule has 1 aliphatic rings. The third kappa shape index (κ3) is 4.10. The highest BCUT2D eigenvalue weighted by Gasteiger charge is 2.29. The van der Waals surface area contributed by atoms with Crippen LogP contribution in [0, 0.1) is 0 Å². The van der Waals surface area contributed by atoms with Crippen molar-refractivity contribution < 1.29 is 5.11 Å². The Morgan fingerprint density at radius 3 is 2.30 bits per heavy atom. The van der Waals surface area contributed by atoms with Crippen molar-refractivity contribution >= 4 is 17.3 Å². The highest BCUT2D eigenvalue weighted by atomic mass is 35.5. The minimum absolute atomic E-state index is 0.197. The van der Waals surface area contributed by atoms with E-state index in [2.05, 4.69) is 64.4 Å². The smallest absolute Gasteiger partial charge is 0.117 e. The molecule has 1 fully saturated rings. The largest absolute Gasteiger partial charge is 0.508 e. The molecule has 1 heterocycles. The summed E-state index contributed by atoms with van der Waals surface area (Å²) in [7, 11) is 0. The molecule has 0 bridgehead atoms. The van der Waals surface area contributed by atoms with E-state index in [0.29, 0.717) is 5.02 Å². The van der Waals surface area contributed by atoms with Gasteiger partial charge in [-0.2, -0.15) is 0 Å². The van der Waals surface area contributed by atoms with E-state index in [1.54, 1.807) is 12.1 Å². The Hall–Kier alpha value is -2.49. The number of hydrogen-bond donors (Lipinski definition) is 1. The van der Waals surface area contributed by atoms with Gasteiger partial charge in [-0.25, -0.2) is 0 Å². The number of halogens is 1. The zero-order chi connectivity index (χ0) is 18.6. The highest BCUT2D eigenvalue weighted by Crippen LogP contribution is 2.37. The summed E-state index contributed by atoms with van der Waals surface area (Å²) < 4.78 is 0. The predicted molar refractivity (Wildman–Crippen MR) is 111 cm³/mol. The van der Waals surface area contributed by atoms with Gasteiger partial charge in [0.25, 0.3) is 0 Å². The fourth-order valence-electron chi connectivity index (χ4n) is 3.80. The molecular weight excluding hydrogens is 356 g/mol. The summed E-state index contributed by atoms with van der Waals surface area (Å²) in [6, 6.07) is 26.6. The molecule has 1 N–H and O–H groups in total. The first-order valence-electron chi connectivity index (χ1n) is 9.27. The van der Waals surface area contributed by atoms with Crippen molar-refractivity contribution in [2.24, 2.45) is 0 Å². The monoisotopic (exact) mass is 378 g/mol. The van der Waals surface area contributed by atoms with Crippen LogP contribution in [0.5, 0.6) is 5.75 Å². The summed E-state index contributed by atoms with van der Waals surface area (Å²) in [6.45, 7) is 3.73. The van der Waals surface area contributed by atoms with Crippen molar-refractivity contribution in [3.05, 3.63) is 95.0 Å². The molecule has 3 aromatic rings. The van der Waals surface area contributed by atoms with E-state index in [0.717, 1.165) is 31.9 Å². The highest BCUT2D eigenvalue weighted by molar-refractivity contribution is 6.33. The molecular formula is C23H23ClN2O. The average molecular weight is 379 g/mol. The molecule has 0 spiro atoms. The number of hydrogen-bond acceptors (Lipinski definition) is 3. The zero-order valence-corrected chi connectivity index (χ0v) is 15.9. The van der Waals surface area contributed by atoms with Crippen LogP contribution in [0.1, 0.15) is 17.2 Å². The molecule has 4 heteroatoms. The molecule has 27 heavy (non-hydrogen) atoms. The maximum absolute atomic E-state index is 9.71. The van der Waals surface area contributed by atoms with Gasteiger partial charge in [0, 0.05) is 32.2 Å². The molecule has 4 rings (SSSR count). The van der Waals surface area contributed by atoms with Crippen LogP contribution in [0.2, 0.25) is 5.02 Å². The van der Waals surface area contributed by atoms with Crippen LogP contribution in [0.25, 0.3) is 0 Å². The van der Waals surface area contributed by atoms with Gasteiger partial charge in [-0.1, -0.05) is 72.3 Å². The van der Waals surface area contributed by atoms with E-state index in [4.69, 9.17) is 11.6 Å². The Labute approximate surface area is 165 Å². The number of phenolic OH excluding ortho intramolecular Hbond substituents is 1. The van der Waals surface area contributed by atoms with Gasteiger partial charge in [0.1, 0.15) is 5.75 Å². The standard InChI is InChI=1S/C23H23ClN2O/c24-21-15-20(27)11-12-22(21)26-14-13-25(16-18-7-3-1-4-8-18)17-23(26)19-9-5-2-6-10-19/h1-12,15,23,27H,13-14,16-17H2/t23-/m0/s1. The second kappa shape index (κ2) is 8.03. The fourth-order valence-corrected chi connectivity index (χ4v) is 4.09. The number of piperazine rings is 1. The zero-order valence-electron chi connectivity index (χ0n) is 15.1. The lowest BCUT2D eigenvalue weighted by Gasteiger charge is -2.43. The summed E-state index contributed by atoms with van der Waals surface area (Å²) >= 11 is 6.47. The van der Waals surface area contributed by atoms with Crippen molar-refractivity contribution in [3.63, 3.8) is 0 Å². The third-order valence-corrected chi connectivity index (χ3v) is 5.44. The number of benzene rings is 3. The van der Waals surface area contributed by atoms with Gasteiger partial charge in [0.2, 0.25) is 0 Å². The first kappa shape index (κ1) is 17.9. The molecule has 1 saturated heterocycles. The second-order valence-electron chi connectivity index (χ2n) is 6.98. The van der Waals surface area contributed by atoms with Crippen LogP contribution in [0.3, 0.4) is 0 Å². The topological polar surface area (TPSA) is 26.7 Å². The number of aromatic hydroxyl groups is 1. The van der Waals surface area contributed by atoms with Crippen LogP contribution in [0.15, 0.2) is 78.9 Å². The Kier molecular flexibility index (Phi) is 5.33. The van der Waals surface area contributed by atoms with Crippen molar-refractivity contribution in [1.29, 1.82) is 0 Å². The summed E-state index contributed by atoms with van der Waals surface area (Å²) in [5.41, 5.74) is 3.59. The molecule has 1 aliphatic heterocycles. The number of nitrogens with zero attached hydrogens (tertiary/aromatic N) is 2. The Morgan fingerprint density at radius 2 is 1.59 bits per heavy atom. The van der Waals surface area contributed by atoms with E-state index in [1.165, 1.54) is 11.1 Å². The molecule has 0 unspecified atom stereocenters. The first-order chi connectivity index (χ1) is 13.2. The number of phenols is 1. The number of rotatable bonds is 4. The van der Waals surface area contributed by atoms with Gasteiger partial charge in [-0.05, 0) is 23.3 Å². The van der Waals surface area contributed by atoms with E-state index in [1.807, 2.05) is 12.1 Å². The quantitative estimate of drug-likeness (QED) is 0.683. The van der Waals surface area contributed by atoms with Gasteiger partial charge in [0.15, 0.2) is 0 Å². The molecule has 0 radical (unpaired) electrons. The Bertz CT molecular complexity index is 885. The summed E-state index contributed by atoms with van der Waals surface area (Å²) in [6.07, 6.45) is 0. The maximum Gasteiger partial charge on any atom is 0.117 e. The normalized spacial score (nSPS) is 17.8. The van der Waals surface area contributed by atoms with Gasteiger partial charge < -0.3 is 10.0 Å². The summed E-state index contributed by atoms with van der Waals surface area (Å²) in [5, 5.41) is 10.3. The molecule has 0 amide bonds. The SMILES string of the molecule is Oc1ccc(N2CCN(Cc3ccccc3)C[C@H]2c2ccccc2)c(Cl)c1. The summed E-state index contributed by atoms with van der Waals surface area (Å²) in [4.78, 5) is 4.86. The van der Waals surface area contributed by atoms with E-state index < -0.39 is 0 Å². The lowest BCUT2D eigenvalue weighted by atomic mass is 10.0. The van der Waals surface area contributed by atoms with Gasteiger partial charge in [-0.3, -0.25) is 4.90 Å². The summed E-state index contributed by atoms with van der Waals surface area (Å²) in [5.74, 6) is 0.197. The van der Waals surface area contributed by atoms with E-state index in [9.17, 15) is 5.11 Å². The van der Waals surface area contributed by atoms with Gasteiger partial charge >= 0.3 is 0 Å². The molecule has 138 valence electrons. The molecule has 0 aromatic heterocycles. The average Bonchev–Trinajstić information content (AvgIpc) is 2.70. The molecule has 0 aliphatic carbocycles. The van der Waals surface area contributed by atoms with Crippen molar-refractivity contribution in [1.82, 2.24) is 4.90 Å². The van der Waals surface area contributed by atoms with Gasteiger partial charge in [-0.15, -0.1) is 0 Å². The van der Waals surface area contributed by atoms with Crippen molar-refractivity contribution in [3.8, 4) is 5.75 Å². The van der Waals surface area contributed by atoms with Crippen LogP contribution >= 0.6 is 11.6 Å². The van der Waals surface area contributed by atoms with Crippen LogP contribution in [-0.2, 0) is 6.54 Å². The van der Waals surface area contributed by atoms with E-state index in [-0.39, 0.29) is 11.8 Å². The Morgan fingerprint density at radius 1 is 0.889 bits per heavy atom. The van der Waals surface area contributed by atoms with Crippen molar-refractivity contribution in [2.45, 2.75) is 12.6 Å². The molecule has 3 nitrogen and oxygen atoms in total. The maximum atomic E-state index is 9.71. The molecule has 1 atom stereocenters. The predicted octanol–water partition coefficient (Wildman–Crippen LogP) is 5.11. The minimum atomic E-state index is 0.197. The minimum Gasteiger partial charge on any atom is -0.508 e. The second-order valence-corrected chi connectivity index (χ2v) is 7.38. The molecule has 0 saturated carbocycles. The third-order valence-electron chi connectivity index (χ3n) is 5.14. The lowest BCUT2D eigenvalue weighted by Crippen LogP contribution is -2.48.